The summed E-state index contributed by atoms with van der Waals surface area (Å²) in [5, 5.41) is 1.21. The first kappa shape index (κ1) is 47.7. The van der Waals surface area contributed by atoms with Crippen LogP contribution in [0.4, 0.5) is 52.7 Å². The van der Waals surface area contributed by atoms with Gasteiger partial charge in [0.05, 0.1) is 36.5 Å². The summed E-state index contributed by atoms with van der Waals surface area (Å²) in [6, 6.07) is 16.6. The fraction of sp³-hybridized carbons (Fsp3) is 0.277. The van der Waals surface area contributed by atoms with Crippen molar-refractivity contribution in [3.63, 3.8) is 0 Å². The minimum Gasteiger partial charge on any atom is -0.496 e. The number of ether oxygens (including phenoxy) is 2. The summed E-state index contributed by atoms with van der Waals surface area (Å²) in [6.45, 7) is 9.03. The maximum atomic E-state index is 14.3. The second-order valence-corrected chi connectivity index (χ2v) is 19.9. The zero-order chi connectivity index (χ0) is 46.6. The van der Waals surface area contributed by atoms with E-state index in [0.29, 0.717) is 52.5 Å². The van der Waals surface area contributed by atoms with Crippen molar-refractivity contribution < 1.29 is 62.2 Å². The van der Waals surface area contributed by atoms with Gasteiger partial charge in [-0.05, 0) is 176 Å². The van der Waals surface area contributed by atoms with Crippen molar-refractivity contribution in [2.75, 3.05) is 14.2 Å². The van der Waals surface area contributed by atoms with Gasteiger partial charge < -0.3 is 9.47 Å². The van der Waals surface area contributed by atoms with Gasteiger partial charge in [0.2, 0.25) is 0 Å². The monoisotopic (exact) mass is 926 g/mol. The van der Waals surface area contributed by atoms with E-state index >= 15 is 0 Å². The number of allylic oxidation sites excluding steroid dienone is 4. The lowest BCUT2D eigenvalue weighted by Gasteiger charge is -2.31. The maximum Gasteiger partial charge on any atom is 0.416 e. The molecule has 1 aliphatic rings. The van der Waals surface area contributed by atoms with Crippen molar-refractivity contribution in [1.82, 2.24) is 0 Å². The highest BCUT2D eigenvalue weighted by atomic mass is 31.1. The van der Waals surface area contributed by atoms with Gasteiger partial charge in [-0.2, -0.15) is 52.7 Å². The molecule has 0 heterocycles. The van der Waals surface area contributed by atoms with E-state index in [1.54, 1.807) is 32.4 Å². The van der Waals surface area contributed by atoms with Crippen LogP contribution in [0.3, 0.4) is 0 Å². The molecule has 5 aromatic rings. The van der Waals surface area contributed by atoms with Gasteiger partial charge in [0.15, 0.2) is 0 Å². The van der Waals surface area contributed by atoms with E-state index in [1.165, 1.54) is 6.92 Å². The lowest BCUT2D eigenvalue weighted by atomic mass is 10.00. The van der Waals surface area contributed by atoms with Gasteiger partial charge in [0.25, 0.3) is 0 Å². The third kappa shape index (κ3) is 9.97. The van der Waals surface area contributed by atoms with Crippen molar-refractivity contribution in [3.8, 4) is 11.5 Å². The van der Waals surface area contributed by atoms with Crippen molar-refractivity contribution in [2.45, 2.75) is 71.4 Å². The van der Waals surface area contributed by atoms with Crippen molar-refractivity contribution in [1.29, 1.82) is 0 Å². The molecule has 334 valence electrons. The zero-order valence-electron chi connectivity index (χ0n) is 34.8. The lowest BCUT2D eigenvalue weighted by molar-refractivity contribution is -0.144. The van der Waals surface area contributed by atoms with Crippen LogP contribution < -0.4 is 36.0 Å². The van der Waals surface area contributed by atoms with E-state index in [9.17, 15) is 52.7 Å². The highest BCUT2D eigenvalue weighted by molar-refractivity contribution is 7.80. The molecule has 0 saturated heterocycles. The van der Waals surface area contributed by atoms with Crippen molar-refractivity contribution in [2.24, 2.45) is 0 Å². The Kier molecular flexibility index (Phi) is 13.3. The summed E-state index contributed by atoms with van der Waals surface area (Å²) < 4.78 is 183. The van der Waals surface area contributed by atoms with E-state index in [2.05, 4.69) is 0 Å². The Morgan fingerprint density at radius 2 is 0.873 bits per heavy atom. The second kappa shape index (κ2) is 17.6. The summed E-state index contributed by atoms with van der Waals surface area (Å²) in [5.74, 6) is 1.37. The first-order valence-corrected chi connectivity index (χ1v) is 22.0. The van der Waals surface area contributed by atoms with Crippen molar-refractivity contribution >= 4 is 47.9 Å². The number of benzene rings is 5. The SMILES string of the molecule is COc1c(C)cc(P(c2cc(C)c(OC)c(C)c2)c2ccccc2C2=C([C@@H](C)P(c3cc(C(F)(F)F)cc(C(F)(F)F)c3)c3cc(C(F)(F)F)cc(C(F)(F)F)c3)C=CC2)cc1C. The van der Waals surface area contributed by atoms with Gasteiger partial charge >= 0.3 is 24.7 Å². The summed E-state index contributed by atoms with van der Waals surface area (Å²) in [4.78, 5) is 0. The standard InChI is InChI=1S/C47H40F12O2P2/c1-25-15-34(16-26(2)42(25)60-6)63(35-17-27(3)43(61-7)28(4)18-35)41-14-9-8-11-40(41)39-13-10-12-38(39)29(5)62(36-21-30(44(48,49)50)19-31(22-36)45(51,52)53)37-23-32(46(54,55)56)20-33(24-37)47(57,58)59/h8-12,14-24,29H,13H2,1-7H3/t29-/m1/s1. The molecule has 63 heavy (non-hydrogen) atoms. The molecule has 16 heteroatoms. The molecule has 1 aliphatic carbocycles. The van der Waals surface area contributed by atoms with Gasteiger partial charge in [-0.25, -0.2) is 0 Å². The molecule has 0 fully saturated rings. The van der Waals surface area contributed by atoms with Gasteiger partial charge in [-0.15, -0.1) is 0 Å². The molecular formula is C47H40F12O2P2. The van der Waals surface area contributed by atoms with Gasteiger partial charge in [0.1, 0.15) is 11.5 Å². The summed E-state index contributed by atoms with van der Waals surface area (Å²) >= 11 is 0. The number of methoxy groups -OCH3 is 2. The van der Waals surface area contributed by atoms with Crippen LogP contribution >= 0.6 is 15.8 Å². The van der Waals surface area contributed by atoms with Crippen LogP contribution in [0, 0.1) is 27.7 Å². The van der Waals surface area contributed by atoms with Crippen LogP contribution in [-0.2, 0) is 24.7 Å². The van der Waals surface area contributed by atoms with Crippen LogP contribution in [0.25, 0.3) is 5.57 Å². The summed E-state index contributed by atoms with van der Waals surface area (Å²) in [5.41, 5.74) is -3.30. The van der Waals surface area contributed by atoms with E-state index in [4.69, 9.17) is 9.47 Å². The Morgan fingerprint density at radius 3 is 1.22 bits per heavy atom. The summed E-state index contributed by atoms with van der Waals surface area (Å²) in [6.07, 6.45) is -17.9. The predicted octanol–water partition coefficient (Wildman–Crippen LogP) is 13.0. The first-order chi connectivity index (χ1) is 29.2. The predicted molar refractivity (Wildman–Crippen MR) is 226 cm³/mol. The maximum absolute atomic E-state index is 14.3. The Balaban J connectivity index is 1.67. The molecule has 0 unspecified atom stereocenters. The minimum absolute atomic E-state index is 0.126. The van der Waals surface area contributed by atoms with Crippen LogP contribution in [0.1, 0.15) is 63.4 Å². The van der Waals surface area contributed by atoms with Gasteiger partial charge in [-0.3, -0.25) is 0 Å². The molecule has 0 radical (unpaired) electrons. The Labute approximate surface area is 359 Å². The van der Waals surface area contributed by atoms with Crippen molar-refractivity contribution in [3.05, 3.63) is 153 Å². The first-order valence-electron chi connectivity index (χ1n) is 19.2. The number of aryl methyl sites for hydroxylation is 4. The molecular weight excluding hydrogens is 886 g/mol. The van der Waals surface area contributed by atoms with E-state index in [0.717, 1.165) is 38.2 Å². The van der Waals surface area contributed by atoms with Crippen LogP contribution in [0.2, 0.25) is 0 Å². The molecule has 0 aliphatic heterocycles. The molecule has 0 N–H and O–H groups in total. The summed E-state index contributed by atoms with van der Waals surface area (Å²) in [7, 11) is -1.20. The highest BCUT2D eigenvalue weighted by Gasteiger charge is 2.42. The number of halogens is 12. The fourth-order valence-electron chi connectivity index (χ4n) is 8.18. The molecule has 0 amide bonds. The average Bonchev–Trinajstić information content (AvgIpc) is 3.67. The van der Waals surface area contributed by atoms with E-state index in [-0.39, 0.29) is 18.6 Å². The van der Waals surface area contributed by atoms with Gasteiger partial charge in [-0.1, -0.05) is 43.3 Å². The van der Waals surface area contributed by atoms with Crippen LogP contribution in [0.5, 0.6) is 11.5 Å². The molecule has 2 nitrogen and oxygen atoms in total. The average molecular weight is 927 g/mol. The Morgan fingerprint density at radius 1 is 0.508 bits per heavy atom. The second-order valence-electron chi connectivity index (χ2n) is 15.2. The van der Waals surface area contributed by atoms with Gasteiger partial charge in [0, 0.05) is 5.66 Å². The Hall–Kier alpha value is -4.80. The third-order valence-corrected chi connectivity index (χ3v) is 15.9. The molecule has 0 saturated carbocycles. The number of alkyl halides is 12. The number of hydrogen-bond acceptors (Lipinski definition) is 2. The topological polar surface area (TPSA) is 18.5 Å². The Bertz CT molecular complexity index is 2360. The van der Waals surface area contributed by atoms with E-state index < -0.39 is 79.1 Å². The molecule has 0 bridgehead atoms. The van der Waals surface area contributed by atoms with Crippen LogP contribution in [-0.4, -0.2) is 19.9 Å². The normalized spacial score (nSPS) is 14.3. The fourth-order valence-corrected chi connectivity index (χ4v) is 13.8. The largest absolute Gasteiger partial charge is 0.496 e. The third-order valence-electron chi connectivity index (χ3n) is 10.8. The molecule has 5 aromatic carbocycles. The minimum atomic E-state index is -5.35. The number of hydrogen-bond donors (Lipinski definition) is 0. The lowest BCUT2D eigenvalue weighted by Crippen LogP contribution is -2.27. The molecule has 0 spiro atoms. The number of rotatable bonds is 10. The zero-order valence-corrected chi connectivity index (χ0v) is 36.6. The molecule has 0 aromatic heterocycles. The smallest absolute Gasteiger partial charge is 0.416 e. The highest BCUT2D eigenvalue weighted by Crippen LogP contribution is 2.51. The quantitative estimate of drug-likeness (QED) is 0.103. The van der Waals surface area contributed by atoms with E-state index in [1.807, 2.05) is 70.2 Å². The van der Waals surface area contributed by atoms with Crippen LogP contribution in [0.15, 0.2) is 103 Å². The molecule has 1 atom stereocenters. The molecule has 6 rings (SSSR count).